The van der Waals surface area contributed by atoms with Crippen LogP contribution in [0.5, 0.6) is 0 Å². The van der Waals surface area contributed by atoms with Gasteiger partial charge < -0.3 is 76.9 Å². The van der Waals surface area contributed by atoms with E-state index in [0.717, 1.165) is 11.1 Å². The second kappa shape index (κ2) is 30.1. The molecular weight excluding hydrogens is 1280 g/mol. The zero-order chi connectivity index (χ0) is 66.7. The number of nitrogens with two attached hydrogens (primary N) is 6. The summed E-state index contributed by atoms with van der Waals surface area (Å²) in [6.07, 6.45) is -4.19. The number of carbonyl (C=O) groups is 7. The Morgan fingerprint density at radius 3 is 1.99 bits per heavy atom. The smallest absolute Gasteiger partial charge is 0.472 e. The molecule has 2 aromatic rings. The molecule has 30 heteroatoms. The van der Waals surface area contributed by atoms with Gasteiger partial charge in [-0.25, -0.2) is 9.55 Å². The largest absolute Gasteiger partial charge is 0.680 e. The average Bonchev–Trinajstić information content (AvgIpc) is 1.53. The molecule has 94 heavy (non-hydrogen) atoms. The van der Waals surface area contributed by atoms with Crippen molar-refractivity contribution in [3.8, 4) is 0 Å². The second-order valence-corrected chi connectivity index (χ2v) is 28.7. The van der Waals surface area contributed by atoms with Crippen LogP contribution in [-0.2, 0) is 68.7 Å². The standard InChI is InChI=1S/C62H92N13O14P.CH4.CH3.B.Co.H2/c1-29-20-39-40(21-30(29)2)75(28-70-39)57-52(84)53(41(27-76)87-57)89-90(85,86)88-31(3)26-69-49(83)18-19-59(8)37(22-46(66)80)56-62(11)61(10,25-48(68)82)36(14-17-45(65)79)51(74-62)33(5)55-60(9,24-47(67)81)34(12-15-43(63)77)38(71-55)23-42-58(6,7)35(13-16-44(64)78)50(72-42)32(4)54(59)73-56;;;;;/h20-21,23,28,31-32,34-37,41,50,52-53,56-57,76,84H,12-19,22,24-27H2,1-11H3,(H15,63,64,65,66,67,68,69,71,72,74,77,78,79,80,81,82,83,85,86);1H4;1H3;;;1H/q;;-1;;;/p-1/i;;;;;1+1. The molecule has 2 fully saturated rings. The van der Waals surface area contributed by atoms with Crippen LogP contribution in [0.2, 0.25) is 0 Å². The third-order valence-corrected chi connectivity index (χ3v) is 22.1. The Hall–Kier alpha value is -6.17. The predicted octanol–water partition coefficient (Wildman–Crippen LogP) is 4.63. The van der Waals surface area contributed by atoms with E-state index >= 15 is 0 Å². The van der Waals surface area contributed by atoms with Crippen molar-refractivity contribution >= 4 is 85.8 Å². The van der Waals surface area contributed by atoms with Gasteiger partial charge in [0.1, 0.15) is 18.3 Å². The van der Waals surface area contributed by atoms with Crippen molar-refractivity contribution in [2.45, 2.75) is 202 Å². The Kier molecular flexibility index (Phi) is 25.7. The van der Waals surface area contributed by atoms with E-state index in [9.17, 15) is 53.2 Å². The van der Waals surface area contributed by atoms with Gasteiger partial charge in [-0.15, -0.1) is 0 Å². The first-order valence-corrected chi connectivity index (χ1v) is 32.3. The summed E-state index contributed by atoms with van der Waals surface area (Å²) in [5, 5.41) is 30.2. The maximum atomic E-state index is 14.4. The number of carbonyl (C=O) groups excluding carboxylic acids is 7. The van der Waals surface area contributed by atoms with E-state index < -0.39 is 155 Å². The van der Waals surface area contributed by atoms with Gasteiger partial charge in [-0.2, -0.15) is 5.70 Å². The minimum atomic E-state index is -5.06. The number of phosphoric ester groups is 1. The normalized spacial score (nSPS) is 32.2. The summed E-state index contributed by atoms with van der Waals surface area (Å²) < 4.78 is 32.3. The molecule has 27 nitrogen and oxygen atoms in total. The van der Waals surface area contributed by atoms with Crippen molar-refractivity contribution in [1.29, 1.82) is 0 Å². The number of rotatable bonds is 26. The Morgan fingerprint density at radius 2 is 1.41 bits per heavy atom. The number of aliphatic hydroxyl groups is 2. The minimum absolute atomic E-state index is 0. The molecule has 7 heterocycles. The Bertz CT molecular complexity index is 3480. The van der Waals surface area contributed by atoms with E-state index in [1.807, 2.05) is 80.5 Å². The van der Waals surface area contributed by atoms with Gasteiger partial charge in [0.25, 0.3) is 0 Å². The number of primary amides is 6. The molecule has 0 spiro atoms. The Labute approximate surface area is 565 Å². The molecule has 6 aliphatic rings. The molecule has 17 atom stereocenters. The number of imidazole rings is 1. The van der Waals surface area contributed by atoms with Crippen molar-refractivity contribution in [2.75, 3.05) is 13.2 Å². The van der Waals surface area contributed by atoms with Crippen LogP contribution in [0.1, 0.15) is 159 Å². The number of phosphoric acid groups is 1. The zero-order valence-corrected chi connectivity index (χ0v) is 57.2. The summed E-state index contributed by atoms with van der Waals surface area (Å²) in [5.74, 6) is -7.71. The topological polar surface area (TPSA) is 462 Å². The maximum Gasteiger partial charge on any atom is 0.472 e. The number of allylic oxidation sites excluding steroid dienone is 4. The van der Waals surface area contributed by atoms with Crippen LogP contribution in [0.3, 0.4) is 0 Å². The number of amides is 7. The number of aliphatic hydroxyl groups excluding tert-OH is 2. The van der Waals surface area contributed by atoms with Crippen LogP contribution < -0.4 is 39.7 Å². The zero-order valence-electron chi connectivity index (χ0n) is 55.3. The molecule has 16 N–H and O–H groups in total. The summed E-state index contributed by atoms with van der Waals surface area (Å²) >= 11 is 0. The monoisotopic (exact) mass is 1380 g/mol. The third kappa shape index (κ3) is 15.3. The fraction of sp³-hybridized carbons (Fsp3) is 0.656. The predicted molar refractivity (Wildman–Crippen MR) is 355 cm³/mol. The molecule has 4 radical (unpaired) electrons. The third-order valence-electron chi connectivity index (χ3n) is 21.0. The van der Waals surface area contributed by atoms with Gasteiger partial charge in [0.2, 0.25) is 41.4 Å². The molecule has 8 rings (SSSR count). The molecule has 1 aromatic heterocycles. The number of aryl methyl sites for hydroxylation is 2. The number of aliphatic imine (C=N–C) groups is 3. The quantitative estimate of drug-likeness (QED) is 0.0349. The minimum Gasteiger partial charge on any atom is -0.680 e. The molecule has 8 bridgehead atoms. The van der Waals surface area contributed by atoms with E-state index in [0.29, 0.717) is 45.1 Å². The number of nitrogens with one attached hydrogen (secondary N) is 1. The molecule has 524 valence electrons. The molecule has 0 aliphatic carbocycles. The van der Waals surface area contributed by atoms with Gasteiger partial charge in [-0.3, -0.25) is 57.6 Å². The first kappa shape index (κ1) is 80.3. The van der Waals surface area contributed by atoms with Crippen LogP contribution in [0.15, 0.2) is 56.5 Å². The summed E-state index contributed by atoms with van der Waals surface area (Å²) in [6, 6.07) is 2.07. The van der Waals surface area contributed by atoms with E-state index in [1.54, 1.807) is 11.5 Å². The average molecular weight is 1380 g/mol. The van der Waals surface area contributed by atoms with E-state index in [2.05, 4.69) is 10.3 Å². The number of nitrogens with zero attached hydrogens (tertiary/aromatic N) is 6. The number of hydrogen-bond donors (Lipinski definition) is 10. The molecular formula is C64H100BCoN13O14P-2. The molecule has 7 amide bonds. The Balaban J connectivity index is 0.00000470. The number of aromatic nitrogens is 2. The van der Waals surface area contributed by atoms with E-state index in [-0.39, 0.29) is 119 Å². The molecule has 2 saturated heterocycles. The van der Waals surface area contributed by atoms with Gasteiger partial charge in [0, 0.05) is 135 Å². The maximum absolute atomic E-state index is 14.4. The second-order valence-electron chi connectivity index (χ2n) is 27.4. The number of ether oxygens (including phenoxy) is 1. The van der Waals surface area contributed by atoms with Gasteiger partial charge in [0.05, 0.1) is 36.1 Å². The summed E-state index contributed by atoms with van der Waals surface area (Å²) in [4.78, 5) is 126. The summed E-state index contributed by atoms with van der Waals surface area (Å²) in [5.41, 5.74) is 36.2. The number of hydrogen-bond acceptors (Lipinski definition) is 17. The van der Waals surface area contributed by atoms with Crippen molar-refractivity contribution in [1.82, 2.24) is 14.9 Å². The van der Waals surface area contributed by atoms with Crippen molar-refractivity contribution in [3.63, 3.8) is 0 Å². The SMILES string of the molecule is C.CC1=C2[N-]C(C)(C3N=C(C(C)C4N=C(C=C5N=C1C(C)(CC(N)=O)C5CCC(N)=O)C(C)(C)C4CCC(N)=O)C(C)(CCC(=O)NCC(C)OP(=O)(O)OC1C(CO)OC(n4cnc5cc(C)c(C)cc54)C1O)C3CC(N)=O)C(C)(CC(N)=O)C2CCC(N)=O.[2HH].[B].[CH3-].[Co]. The van der Waals surface area contributed by atoms with Crippen molar-refractivity contribution in [2.24, 2.45) is 101 Å². The molecule has 17 unspecified atom stereocenters. The number of fused-ring (bicyclic) bond motifs is 7. The van der Waals surface area contributed by atoms with Gasteiger partial charge in [0.15, 0.2) is 6.23 Å². The van der Waals surface area contributed by atoms with Gasteiger partial charge in [-0.05, 0) is 111 Å². The molecule has 1 aromatic carbocycles. The van der Waals surface area contributed by atoms with Crippen LogP contribution in [0.4, 0.5) is 0 Å². The van der Waals surface area contributed by atoms with Gasteiger partial charge >= 0.3 is 7.82 Å². The van der Waals surface area contributed by atoms with Crippen LogP contribution in [-0.4, -0.2) is 147 Å². The first-order chi connectivity index (χ1) is 41.8. The van der Waals surface area contributed by atoms with Crippen LogP contribution in [0.25, 0.3) is 16.4 Å². The molecule has 6 aliphatic heterocycles. The number of benzene rings is 1. The fourth-order valence-corrected chi connectivity index (χ4v) is 17.0. The van der Waals surface area contributed by atoms with Crippen molar-refractivity contribution < 1.29 is 85.2 Å². The van der Waals surface area contributed by atoms with Crippen LogP contribution >= 0.6 is 7.82 Å². The molecule has 0 saturated carbocycles. The summed E-state index contributed by atoms with van der Waals surface area (Å²) in [7, 11) is -5.06. The fourth-order valence-electron chi connectivity index (χ4n) is 15.9. The van der Waals surface area contributed by atoms with Crippen LogP contribution in [0, 0.1) is 72.5 Å². The van der Waals surface area contributed by atoms with Crippen molar-refractivity contribution in [3.05, 3.63) is 65.4 Å². The summed E-state index contributed by atoms with van der Waals surface area (Å²) in [6.45, 7) is 19.4. The Morgan fingerprint density at radius 1 is 0.830 bits per heavy atom. The van der Waals surface area contributed by atoms with E-state index in [1.165, 1.54) is 13.3 Å². The van der Waals surface area contributed by atoms with Gasteiger partial charge in [-0.1, -0.05) is 61.4 Å². The van der Waals surface area contributed by atoms with E-state index in [4.69, 9.17) is 68.5 Å². The first-order valence-electron chi connectivity index (χ1n) is 30.8.